The van der Waals surface area contributed by atoms with E-state index in [0.717, 1.165) is 69.5 Å². The second-order valence-corrected chi connectivity index (χ2v) is 9.06. The van der Waals surface area contributed by atoms with Crippen LogP contribution in [0.4, 0.5) is 5.82 Å². The number of nitrogens with one attached hydrogen (secondary N) is 3. The van der Waals surface area contributed by atoms with E-state index in [2.05, 4.69) is 20.5 Å². The summed E-state index contributed by atoms with van der Waals surface area (Å²) in [5.41, 5.74) is 5.27. The van der Waals surface area contributed by atoms with Gasteiger partial charge < -0.3 is 10.6 Å². The largest absolute Gasteiger partial charge is 0.317 e. The molecule has 0 bridgehead atoms. The van der Waals surface area contributed by atoms with Gasteiger partial charge in [-0.05, 0) is 80.2 Å². The van der Waals surface area contributed by atoms with Crippen LogP contribution in [0.3, 0.4) is 0 Å². The Morgan fingerprint density at radius 3 is 2.72 bits per heavy atom. The van der Waals surface area contributed by atoms with Gasteiger partial charge in [-0.25, -0.2) is 10.5 Å². The lowest BCUT2D eigenvalue weighted by molar-refractivity contribution is -0.126. The van der Waals surface area contributed by atoms with Gasteiger partial charge in [-0.2, -0.15) is 0 Å². The molecule has 1 aromatic carbocycles. The number of aryl methyl sites for hydroxylation is 1. The molecule has 0 atom stereocenters. The minimum atomic E-state index is -0.485. The molecule has 4 rings (SSSR count). The third-order valence-corrected chi connectivity index (χ3v) is 6.61. The number of carbonyl (C=O) groups is 2. The molecule has 3 heterocycles. The van der Waals surface area contributed by atoms with Gasteiger partial charge in [0, 0.05) is 30.3 Å². The van der Waals surface area contributed by atoms with Crippen LogP contribution in [-0.4, -0.2) is 46.5 Å². The van der Waals surface area contributed by atoms with Gasteiger partial charge in [-0.1, -0.05) is 19.1 Å². The molecule has 8 heteroatoms. The van der Waals surface area contributed by atoms with Crippen molar-refractivity contribution in [1.82, 2.24) is 20.7 Å². The lowest BCUT2D eigenvalue weighted by Gasteiger charge is -2.32. The first-order valence-corrected chi connectivity index (χ1v) is 11.2. The van der Waals surface area contributed by atoms with Crippen LogP contribution in [0.5, 0.6) is 0 Å². The molecule has 32 heavy (non-hydrogen) atoms. The molecule has 0 radical (unpaired) electrons. The molecule has 1 fully saturated rings. The summed E-state index contributed by atoms with van der Waals surface area (Å²) >= 11 is 0. The maximum Gasteiger partial charge on any atom is 0.274 e. The van der Waals surface area contributed by atoms with E-state index in [1.54, 1.807) is 11.5 Å². The fourth-order valence-electron chi connectivity index (χ4n) is 4.49. The van der Waals surface area contributed by atoms with Gasteiger partial charge in [-0.3, -0.25) is 19.7 Å². The molecule has 1 aromatic heterocycles. The van der Waals surface area contributed by atoms with Crippen LogP contribution in [0.25, 0.3) is 0 Å². The number of anilines is 1. The Balaban J connectivity index is 1.37. The average molecular weight is 438 g/mol. The Morgan fingerprint density at radius 1 is 1.19 bits per heavy atom. The summed E-state index contributed by atoms with van der Waals surface area (Å²) in [7, 11) is 0. The van der Waals surface area contributed by atoms with Crippen molar-refractivity contribution in [3.63, 3.8) is 0 Å². The molecule has 2 aromatic rings. The summed E-state index contributed by atoms with van der Waals surface area (Å²) in [5, 5.41) is 15.1. The standard InChI is InChI=1S/C24H31N5O3/c1-24(8-10-25-11-9-24)23(31)27-21-7-4-17(14-26-21)15-29-12-2-3-18-13-19(22(30)28-32)5-6-20(18)16-29/h4-7,13-14,25,32H,2-3,8-12,15-16H2,1H3,(H,28,30)(H,26,27,31). The van der Waals surface area contributed by atoms with Crippen molar-refractivity contribution in [3.05, 3.63) is 58.8 Å². The van der Waals surface area contributed by atoms with E-state index in [4.69, 9.17) is 5.21 Å². The molecule has 0 spiro atoms. The van der Waals surface area contributed by atoms with Crippen molar-refractivity contribution < 1.29 is 14.8 Å². The van der Waals surface area contributed by atoms with Crippen molar-refractivity contribution in [2.75, 3.05) is 25.0 Å². The van der Waals surface area contributed by atoms with Gasteiger partial charge >= 0.3 is 0 Å². The number of benzene rings is 1. The van der Waals surface area contributed by atoms with Crippen LogP contribution in [0, 0.1) is 5.41 Å². The lowest BCUT2D eigenvalue weighted by atomic mass is 9.80. The van der Waals surface area contributed by atoms with E-state index < -0.39 is 5.91 Å². The Hall–Kier alpha value is -2.81. The van der Waals surface area contributed by atoms with E-state index in [0.29, 0.717) is 11.4 Å². The van der Waals surface area contributed by atoms with Crippen molar-refractivity contribution in [3.8, 4) is 0 Å². The van der Waals surface area contributed by atoms with Crippen molar-refractivity contribution in [2.45, 2.75) is 45.7 Å². The fraction of sp³-hybridized carbons (Fsp3) is 0.458. The molecule has 0 unspecified atom stereocenters. The summed E-state index contributed by atoms with van der Waals surface area (Å²) in [6.07, 6.45) is 5.39. The predicted molar refractivity (Wildman–Crippen MR) is 121 cm³/mol. The van der Waals surface area contributed by atoms with Crippen LogP contribution in [0.15, 0.2) is 36.5 Å². The molecule has 2 aliphatic rings. The molecule has 0 saturated carbocycles. The topological polar surface area (TPSA) is 107 Å². The first-order valence-electron chi connectivity index (χ1n) is 11.2. The van der Waals surface area contributed by atoms with Gasteiger partial charge in [-0.15, -0.1) is 0 Å². The predicted octanol–water partition coefficient (Wildman–Crippen LogP) is 2.48. The quantitative estimate of drug-likeness (QED) is 0.423. The smallest absolute Gasteiger partial charge is 0.274 e. The van der Waals surface area contributed by atoms with Crippen LogP contribution in [0.1, 0.15) is 53.2 Å². The third kappa shape index (κ3) is 5.15. The lowest BCUT2D eigenvalue weighted by Crippen LogP contribution is -2.42. The highest BCUT2D eigenvalue weighted by atomic mass is 16.5. The summed E-state index contributed by atoms with van der Waals surface area (Å²) in [6.45, 7) is 6.26. The van der Waals surface area contributed by atoms with Gasteiger partial charge in [0.05, 0.1) is 0 Å². The maximum atomic E-state index is 12.7. The third-order valence-electron chi connectivity index (χ3n) is 6.61. The number of fused-ring (bicyclic) bond motifs is 1. The van der Waals surface area contributed by atoms with Crippen LogP contribution in [-0.2, 0) is 24.3 Å². The number of piperidine rings is 1. The van der Waals surface area contributed by atoms with Gasteiger partial charge in [0.15, 0.2) is 0 Å². The first-order chi connectivity index (χ1) is 15.5. The summed E-state index contributed by atoms with van der Waals surface area (Å²) in [6, 6.07) is 9.48. The minimum absolute atomic E-state index is 0.0395. The van der Waals surface area contributed by atoms with Crippen molar-refractivity contribution in [1.29, 1.82) is 0 Å². The summed E-state index contributed by atoms with van der Waals surface area (Å²) in [5.74, 6) is 0.147. The van der Waals surface area contributed by atoms with Crippen molar-refractivity contribution in [2.24, 2.45) is 5.41 Å². The van der Waals surface area contributed by atoms with E-state index >= 15 is 0 Å². The molecule has 1 saturated heterocycles. The fourth-order valence-corrected chi connectivity index (χ4v) is 4.49. The second kappa shape index (κ2) is 9.77. The van der Waals surface area contributed by atoms with E-state index in [9.17, 15) is 9.59 Å². The number of pyridine rings is 1. The van der Waals surface area contributed by atoms with Crippen LogP contribution < -0.4 is 16.1 Å². The Bertz CT molecular complexity index is 970. The monoisotopic (exact) mass is 437 g/mol. The Morgan fingerprint density at radius 2 is 2.00 bits per heavy atom. The number of nitrogens with zero attached hydrogens (tertiary/aromatic N) is 2. The maximum absolute atomic E-state index is 12.7. The van der Waals surface area contributed by atoms with E-state index in [1.807, 2.05) is 37.4 Å². The van der Waals surface area contributed by atoms with Gasteiger partial charge in [0.2, 0.25) is 5.91 Å². The second-order valence-electron chi connectivity index (χ2n) is 9.06. The van der Waals surface area contributed by atoms with Gasteiger partial charge in [0.25, 0.3) is 5.91 Å². The molecule has 2 aliphatic heterocycles. The minimum Gasteiger partial charge on any atom is -0.317 e. The SMILES string of the molecule is CC1(C(=O)Nc2ccc(CN3CCCc4cc(C(=O)NO)ccc4C3)cn2)CCNCC1. The number of amides is 2. The summed E-state index contributed by atoms with van der Waals surface area (Å²) < 4.78 is 0. The number of carbonyl (C=O) groups excluding carboxylic acids is 2. The molecule has 2 amide bonds. The van der Waals surface area contributed by atoms with Crippen molar-refractivity contribution >= 4 is 17.6 Å². The summed E-state index contributed by atoms with van der Waals surface area (Å²) in [4.78, 5) is 31.2. The zero-order valence-corrected chi connectivity index (χ0v) is 18.5. The molecule has 0 aliphatic carbocycles. The van der Waals surface area contributed by atoms with E-state index in [-0.39, 0.29) is 11.3 Å². The van der Waals surface area contributed by atoms with E-state index in [1.165, 1.54) is 5.56 Å². The number of hydrogen-bond acceptors (Lipinski definition) is 6. The molecule has 4 N–H and O–H groups in total. The number of hydroxylamine groups is 1. The zero-order chi connectivity index (χ0) is 22.6. The highest BCUT2D eigenvalue weighted by Gasteiger charge is 2.34. The Kier molecular flexibility index (Phi) is 6.83. The molecule has 170 valence electrons. The normalized spacial score (nSPS) is 18.3. The van der Waals surface area contributed by atoms with Gasteiger partial charge in [0.1, 0.15) is 5.82 Å². The zero-order valence-electron chi connectivity index (χ0n) is 18.5. The Labute approximate surface area is 188 Å². The molecule has 8 nitrogen and oxygen atoms in total. The molecular weight excluding hydrogens is 406 g/mol. The number of aromatic nitrogens is 1. The van der Waals surface area contributed by atoms with Crippen LogP contribution >= 0.6 is 0 Å². The first kappa shape index (κ1) is 22.4. The molecular formula is C24H31N5O3. The number of rotatable bonds is 5. The number of hydrogen-bond donors (Lipinski definition) is 4. The average Bonchev–Trinajstić information content (AvgIpc) is 3.01. The highest BCUT2D eigenvalue weighted by Crippen LogP contribution is 2.29. The highest BCUT2D eigenvalue weighted by molar-refractivity contribution is 5.94. The van der Waals surface area contributed by atoms with Crippen LogP contribution in [0.2, 0.25) is 0 Å².